The van der Waals surface area contributed by atoms with Crippen LogP contribution < -0.4 is 15.0 Å². The molecule has 2 aliphatic rings. The zero-order valence-corrected chi connectivity index (χ0v) is 19.9. The number of anilines is 2. The van der Waals surface area contributed by atoms with E-state index >= 15 is 0 Å². The lowest BCUT2D eigenvalue weighted by atomic mass is 9.98. The molecule has 0 unspecified atom stereocenters. The van der Waals surface area contributed by atoms with Crippen LogP contribution in [-0.2, 0) is 26.0 Å². The van der Waals surface area contributed by atoms with Crippen molar-refractivity contribution in [2.24, 2.45) is 5.92 Å². The van der Waals surface area contributed by atoms with E-state index in [-0.39, 0.29) is 29.3 Å². The van der Waals surface area contributed by atoms with Crippen LogP contribution in [0.5, 0.6) is 5.75 Å². The molecule has 2 heterocycles. The maximum atomic E-state index is 13.4. The van der Waals surface area contributed by atoms with E-state index in [4.69, 9.17) is 4.74 Å². The monoisotopic (exact) mass is 471 g/mol. The van der Waals surface area contributed by atoms with Gasteiger partial charge in [-0.05, 0) is 62.1 Å². The fourth-order valence-corrected chi connectivity index (χ4v) is 6.29. The highest BCUT2D eigenvalue weighted by atomic mass is 32.2. The zero-order valence-electron chi connectivity index (χ0n) is 19.1. The average Bonchev–Trinajstić information content (AvgIpc) is 3.14. The number of piperidine rings is 1. The Morgan fingerprint density at radius 1 is 1.15 bits per heavy atom. The molecule has 176 valence electrons. The summed E-state index contributed by atoms with van der Waals surface area (Å²) in [6, 6.07) is 12.0. The van der Waals surface area contributed by atoms with Crippen molar-refractivity contribution in [1.29, 1.82) is 0 Å². The van der Waals surface area contributed by atoms with Crippen LogP contribution in [0.25, 0.3) is 0 Å². The first kappa shape index (κ1) is 23.3. The Hall–Kier alpha value is -2.91. The average molecular weight is 472 g/mol. The molecule has 2 atom stereocenters. The lowest BCUT2D eigenvalue weighted by Gasteiger charge is -2.31. The van der Waals surface area contributed by atoms with Gasteiger partial charge in [0.1, 0.15) is 5.75 Å². The number of benzene rings is 2. The predicted molar refractivity (Wildman–Crippen MR) is 126 cm³/mol. The van der Waals surface area contributed by atoms with Crippen molar-refractivity contribution < 1.29 is 22.7 Å². The van der Waals surface area contributed by atoms with Crippen LogP contribution in [0, 0.1) is 5.92 Å². The van der Waals surface area contributed by atoms with Crippen molar-refractivity contribution in [2.75, 3.05) is 30.4 Å². The molecule has 1 fully saturated rings. The number of carbonyl (C=O) groups excluding carboxylic acids is 2. The first-order chi connectivity index (χ1) is 15.7. The van der Waals surface area contributed by atoms with Crippen LogP contribution in [0.2, 0.25) is 0 Å². The van der Waals surface area contributed by atoms with Crippen LogP contribution in [0.15, 0.2) is 47.4 Å². The van der Waals surface area contributed by atoms with Gasteiger partial charge >= 0.3 is 0 Å². The fraction of sp³-hybridized carbons (Fsp3) is 0.417. The minimum Gasteiger partial charge on any atom is -0.497 e. The standard InChI is InChI=1S/C24H29N3O5S/c1-16-12-19-13-22(9-10-23(19)27(16)17(2)28)33(30,31)26-11-5-6-18(15-26)24(29)25-20-7-4-8-21(14-20)32-3/h4,7-10,13-14,16,18H,5-6,11-12,15H2,1-3H3,(H,25,29)/t16-,18-/m1/s1. The zero-order chi connectivity index (χ0) is 23.8. The van der Waals surface area contributed by atoms with Gasteiger partial charge in [-0.15, -0.1) is 0 Å². The normalized spacial score (nSPS) is 20.9. The molecule has 1 N–H and O–H groups in total. The van der Waals surface area contributed by atoms with E-state index in [9.17, 15) is 18.0 Å². The summed E-state index contributed by atoms with van der Waals surface area (Å²) < 4.78 is 33.4. The Kier molecular flexibility index (Phi) is 6.45. The van der Waals surface area contributed by atoms with Crippen molar-refractivity contribution in [3.63, 3.8) is 0 Å². The molecule has 2 aromatic carbocycles. The number of amides is 2. The van der Waals surface area contributed by atoms with Crippen molar-refractivity contribution >= 4 is 33.2 Å². The minimum absolute atomic E-state index is 0.00451. The van der Waals surface area contributed by atoms with Gasteiger partial charge < -0.3 is 15.0 Å². The molecule has 0 bridgehead atoms. The number of fused-ring (bicyclic) bond motifs is 1. The van der Waals surface area contributed by atoms with Gasteiger partial charge in [0, 0.05) is 43.5 Å². The summed E-state index contributed by atoms with van der Waals surface area (Å²) in [5, 5.41) is 2.87. The van der Waals surface area contributed by atoms with Gasteiger partial charge in [-0.3, -0.25) is 9.59 Å². The summed E-state index contributed by atoms with van der Waals surface area (Å²) in [7, 11) is -2.20. The first-order valence-corrected chi connectivity index (χ1v) is 12.5. The summed E-state index contributed by atoms with van der Waals surface area (Å²) in [5.74, 6) is -0.0712. The van der Waals surface area contributed by atoms with Crippen LogP contribution in [0.3, 0.4) is 0 Å². The Labute approximate surface area is 194 Å². The lowest BCUT2D eigenvalue weighted by Crippen LogP contribution is -2.43. The highest BCUT2D eigenvalue weighted by Gasteiger charge is 2.35. The number of carbonyl (C=O) groups is 2. The fourth-order valence-electron chi connectivity index (χ4n) is 4.72. The third-order valence-corrected chi connectivity index (χ3v) is 8.20. The quantitative estimate of drug-likeness (QED) is 0.723. The van der Waals surface area contributed by atoms with Gasteiger partial charge in [0.05, 0.1) is 17.9 Å². The smallest absolute Gasteiger partial charge is 0.243 e. The second-order valence-corrected chi connectivity index (χ2v) is 10.6. The number of hydrogen-bond donors (Lipinski definition) is 1. The molecule has 2 amide bonds. The SMILES string of the molecule is COc1cccc(NC(=O)[C@@H]2CCCN(S(=O)(=O)c3ccc4c(c3)C[C@@H](C)N4C(C)=O)C2)c1. The van der Waals surface area contributed by atoms with E-state index < -0.39 is 15.9 Å². The van der Waals surface area contributed by atoms with Gasteiger partial charge in [0.2, 0.25) is 21.8 Å². The summed E-state index contributed by atoms with van der Waals surface area (Å²) in [5.41, 5.74) is 2.23. The van der Waals surface area contributed by atoms with Crippen molar-refractivity contribution in [2.45, 2.75) is 44.0 Å². The third-order valence-electron chi connectivity index (χ3n) is 6.34. The number of nitrogens with one attached hydrogen (secondary N) is 1. The van der Waals surface area contributed by atoms with Gasteiger partial charge in [0.25, 0.3) is 0 Å². The predicted octanol–water partition coefficient (Wildman–Crippen LogP) is 3.03. The Morgan fingerprint density at radius 2 is 1.94 bits per heavy atom. The molecule has 4 rings (SSSR count). The topological polar surface area (TPSA) is 96.0 Å². The van der Waals surface area contributed by atoms with Crippen molar-refractivity contribution in [3.8, 4) is 5.75 Å². The number of nitrogens with zero attached hydrogens (tertiary/aromatic N) is 2. The van der Waals surface area contributed by atoms with E-state index in [1.807, 2.05) is 6.92 Å². The Morgan fingerprint density at radius 3 is 2.67 bits per heavy atom. The van der Waals surface area contributed by atoms with E-state index in [2.05, 4.69) is 5.32 Å². The van der Waals surface area contributed by atoms with Crippen LogP contribution in [0.1, 0.15) is 32.3 Å². The van der Waals surface area contributed by atoms with E-state index in [1.54, 1.807) is 54.5 Å². The molecule has 0 aliphatic carbocycles. The molecule has 0 aromatic heterocycles. The lowest BCUT2D eigenvalue weighted by molar-refractivity contribution is -0.121. The van der Waals surface area contributed by atoms with Crippen molar-refractivity contribution in [3.05, 3.63) is 48.0 Å². The minimum atomic E-state index is -3.76. The second-order valence-electron chi connectivity index (χ2n) is 8.66. The van der Waals surface area contributed by atoms with E-state index in [0.29, 0.717) is 37.2 Å². The van der Waals surface area contributed by atoms with E-state index in [0.717, 1.165) is 11.3 Å². The van der Waals surface area contributed by atoms with Gasteiger partial charge in [-0.25, -0.2) is 8.42 Å². The molecule has 0 radical (unpaired) electrons. The highest BCUT2D eigenvalue weighted by molar-refractivity contribution is 7.89. The van der Waals surface area contributed by atoms with Crippen LogP contribution >= 0.6 is 0 Å². The maximum absolute atomic E-state index is 13.4. The first-order valence-electron chi connectivity index (χ1n) is 11.1. The Bertz CT molecular complexity index is 1180. The molecular formula is C24H29N3O5S. The molecule has 9 heteroatoms. The molecule has 33 heavy (non-hydrogen) atoms. The van der Waals surface area contributed by atoms with Gasteiger partial charge in [-0.2, -0.15) is 4.31 Å². The molecule has 0 saturated carbocycles. The summed E-state index contributed by atoms with van der Waals surface area (Å²) in [6.07, 6.45) is 1.84. The molecule has 2 aromatic rings. The summed E-state index contributed by atoms with van der Waals surface area (Å²) >= 11 is 0. The van der Waals surface area contributed by atoms with Gasteiger partial charge in [0.15, 0.2) is 0 Å². The number of ether oxygens (including phenoxy) is 1. The number of rotatable bonds is 5. The highest BCUT2D eigenvalue weighted by Crippen LogP contribution is 2.35. The number of hydrogen-bond acceptors (Lipinski definition) is 5. The molecule has 0 spiro atoms. The summed E-state index contributed by atoms with van der Waals surface area (Å²) in [6.45, 7) is 3.97. The van der Waals surface area contributed by atoms with E-state index in [1.165, 1.54) is 11.2 Å². The molecular weight excluding hydrogens is 442 g/mol. The Balaban J connectivity index is 1.50. The third kappa shape index (κ3) is 4.60. The largest absolute Gasteiger partial charge is 0.497 e. The molecule has 1 saturated heterocycles. The number of sulfonamides is 1. The molecule has 2 aliphatic heterocycles. The van der Waals surface area contributed by atoms with Crippen molar-refractivity contribution in [1.82, 2.24) is 4.31 Å². The maximum Gasteiger partial charge on any atom is 0.243 e. The number of methoxy groups -OCH3 is 1. The molecule has 8 nitrogen and oxygen atoms in total. The second kappa shape index (κ2) is 9.15. The summed E-state index contributed by atoms with van der Waals surface area (Å²) in [4.78, 5) is 26.7. The van der Waals surface area contributed by atoms with Crippen LogP contribution in [0.4, 0.5) is 11.4 Å². The van der Waals surface area contributed by atoms with Gasteiger partial charge in [-0.1, -0.05) is 6.07 Å². The van der Waals surface area contributed by atoms with Crippen LogP contribution in [-0.4, -0.2) is 50.8 Å².